The third-order valence-corrected chi connectivity index (χ3v) is 6.78. The highest BCUT2D eigenvalue weighted by atomic mass is 16.3. The number of aliphatic hydroxyl groups excluding tert-OH is 2. The zero-order valence-electron chi connectivity index (χ0n) is 18.9. The van der Waals surface area contributed by atoms with Gasteiger partial charge in [0.1, 0.15) is 6.23 Å². The number of urea groups is 1. The van der Waals surface area contributed by atoms with Gasteiger partial charge in [-0.05, 0) is 36.5 Å². The Morgan fingerprint density at radius 1 is 1.00 bits per heavy atom. The summed E-state index contributed by atoms with van der Waals surface area (Å²) in [5.41, 5.74) is 4.25. The highest BCUT2D eigenvalue weighted by Gasteiger charge is 2.31. The molecule has 2 amide bonds. The van der Waals surface area contributed by atoms with Gasteiger partial charge in [-0.2, -0.15) is 0 Å². The van der Waals surface area contributed by atoms with Crippen molar-refractivity contribution in [3.05, 3.63) is 65.0 Å². The molecule has 176 valence electrons. The maximum absolute atomic E-state index is 12.9. The van der Waals surface area contributed by atoms with Crippen molar-refractivity contribution in [2.24, 2.45) is 0 Å². The van der Waals surface area contributed by atoms with Crippen molar-refractivity contribution in [3.8, 4) is 0 Å². The van der Waals surface area contributed by atoms with E-state index in [0.29, 0.717) is 38.8 Å². The summed E-state index contributed by atoms with van der Waals surface area (Å²) >= 11 is 0. The largest absolute Gasteiger partial charge is 0.390 e. The maximum Gasteiger partial charge on any atom is 0.320 e. The maximum atomic E-state index is 12.9. The number of benzene rings is 1. The SMILES string of the molecule is O=C1N(Cc2ccc(C(O)NC3CC3)cn2)CCN1C[C@H](O)CN1CCc2ccccc2C1. The average molecular weight is 452 g/mol. The van der Waals surface area contributed by atoms with E-state index >= 15 is 0 Å². The first kappa shape index (κ1) is 22.3. The molecule has 5 rings (SSSR count). The zero-order chi connectivity index (χ0) is 22.8. The monoisotopic (exact) mass is 451 g/mol. The van der Waals surface area contributed by atoms with Gasteiger partial charge in [0.15, 0.2) is 0 Å². The lowest BCUT2D eigenvalue weighted by molar-refractivity contribution is 0.0812. The summed E-state index contributed by atoms with van der Waals surface area (Å²) in [7, 11) is 0. The Morgan fingerprint density at radius 2 is 1.79 bits per heavy atom. The van der Waals surface area contributed by atoms with Crippen molar-refractivity contribution in [2.45, 2.75) is 50.7 Å². The van der Waals surface area contributed by atoms with Crippen LogP contribution in [0.1, 0.15) is 41.5 Å². The van der Waals surface area contributed by atoms with E-state index in [-0.39, 0.29) is 6.03 Å². The third-order valence-electron chi connectivity index (χ3n) is 6.78. The van der Waals surface area contributed by atoms with E-state index in [4.69, 9.17) is 0 Å². The molecule has 2 atom stereocenters. The lowest BCUT2D eigenvalue weighted by Crippen LogP contribution is -2.43. The van der Waals surface area contributed by atoms with Crippen LogP contribution in [-0.2, 0) is 19.5 Å². The lowest BCUT2D eigenvalue weighted by Gasteiger charge is -2.31. The van der Waals surface area contributed by atoms with Crippen molar-refractivity contribution in [1.82, 2.24) is 25.0 Å². The number of pyridine rings is 1. The number of rotatable bonds is 9. The number of aliphatic hydroxyl groups is 2. The van der Waals surface area contributed by atoms with Crippen LogP contribution >= 0.6 is 0 Å². The van der Waals surface area contributed by atoms with E-state index in [1.165, 1.54) is 11.1 Å². The molecule has 0 bridgehead atoms. The number of nitrogens with zero attached hydrogens (tertiary/aromatic N) is 4. The van der Waals surface area contributed by atoms with Gasteiger partial charge in [0, 0.05) is 57.1 Å². The Hall–Kier alpha value is -2.52. The van der Waals surface area contributed by atoms with Crippen LogP contribution in [0, 0.1) is 0 Å². The van der Waals surface area contributed by atoms with Crippen LogP contribution in [0.4, 0.5) is 4.79 Å². The molecule has 0 radical (unpaired) electrons. The molecular weight excluding hydrogens is 418 g/mol. The van der Waals surface area contributed by atoms with Gasteiger partial charge in [0.05, 0.1) is 18.3 Å². The molecule has 1 unspecified atom stereocenters. The number of fused-ring (bicyclic) bond motifs is 1. The molecule has 8 nitrogen and oxygen atoms in total. The molecule has 3 heterocycles. The molecule has 1 aromatic heterocycles. The first-order chi connectivity index (χ1) is 16.0. The fourth-order valence-electron chi connectivity index (χ4n) is 4.73. The van der Waals surface area contributed by atoms with E-state index in [1.807, 2.05) is 12.1 Å². The third kappa shape index (κ3) is 5.52. The number of nitrogens with one attached hydrogen (secondary N) is 1. The lowest BCUT2D eigenvalue weighted by atomic mass is 10.00. The molecule has 2 aromatic rings. The Labute approximate surface area is 194 Å². The molecule has 0 spiro atoms. The van der Waals surface area contributed by atoms with Gasteiger partial charge in [-0.3, -0.25) is 15.2 Å². The Balaban J connectivity index is 1.09. The minimum Gasteiger partial charge on any atom is -0.390 e. The summed E-state index contributed by atoms with van der Waals surface area (Å²) in [6.07, 6.45) is 3.62. The van der Waals surface area contributed by atoms with E-state index in [2.05, 4.69) is 39.5 Å². The zero-order valence-corrected chi connectivity index (χ0v) is 18.9. The fourth-order valence-corrected chi connectivity index (χ4v) is 4.73. The Bertz CT molecular complexity index is 965. The summed E-state index contributed by atoms with van der Waals surface area (Å²) in [6.45, 7) is 4.36. The molecule has 3 aliphatic rings. The van der Waals surface area contributed by atoms with Gasteiger partial charge < -0.3 is 20.0 Å². The van der Waals surface area contributed by atoms with Crippen LogP contribution in [-0.4, -0.2) is 80.8 Å². The smallest absolute Gasteiger partial charge is 0.320 e. The van der Waals surface area contributed by atoms with Gasteiger partial charge in [-0.1, -0.05) is 30.3 Å². The van der Waals surface area contributed by atoms with Crippen molar-refractivity contribution in [3.63, 3.8) is 0 Å². The minimum atomic E-state index is -0.696. The van der Waals surface area contributed by atoms with Gasteiger partial charge in [0.25, 0.3) is 0 Å². The first-order valence-electron chi connectivity index (χ1n) is 11.9. The number of β-amino-alcohol motifs (C(OH)–C–C–N with tert-alkyl or cyclic N) is 1. The second-order valence-electron chi connectivity index (χ2n) is 9.48. The number of hydrogen-bond acceptors (Lipinski definition) is 6. The molecule has 1 aliphatic carbocycles. The van der Waals surface area contributed by atoms with Gasteiger partial charge in [0.2, 0.25) is 0 Å². The van der Waals surface area contributed by atoms with Crippen LogP contribution in [0.3, 0.4) is 0 Å². The molecule has 1 saturated carbocycles. The van der Waals surface area contributed by atoms with Crippen LogP contribution in [0.25, 0.3) is 0 Å². The van der Waals surface area contributed by atoms with Gasteiger partial charge in [-0.15, -0.1) is 0 Å². The quantitative estimate of drug-likeness (QED) is 0.501. The summed E-state index contributed by atoms with van der Waals surface area (Å²) in [5, 5.41) is 24.0. The molecule has 33 heavy (non-hydrogen) atoms. The standard InChI is InChI=1S/C25H33N5O3/c31-23(16-28-10-9-18-3-1-2-4-20(18)14-28)17-30-12-11-29(25(30)33)15-22-6-5-19(13-26-22)24(32)27-21-7-8-21/h1-6,13,21,23-24,27,31-32H,7-12,14-17H2/t23-,24?/m1/s1. The van der Waals surface area contributed by atoms with Gasteiger partial charge in [-0.25, -0.2) is 4.79 Å². The second kappa shape index (κ2) is 9.77. The summed E-state index contributed by atoms with van der Waals surface area (Å²) in [4.78, 5) is 23.1. The highest BCUT2D eigenvalue weighted by molar-refractivity contribution is 5.76. The molecule has 1 aromatic carbocycles. The summed E-state index contributed by atoms with van der Waals surface area (Å²) in [5.74, 6) is 0. The van der Waals surface area contributed by atoms with Crippen molar-refractivity contribution < 1.29 is 15.0 Å². The topological polar surface area (TPSA) is 92.2 Å². The average Bonchev–Trinajstić information content (AvgIpc) is 3.58. The first-order valence-corrected chi connectivity index (χ1v) is 11.9. The Morgan fingerprint density at radius 3 is 2.55 bits per heavy atom. The van der Waals surface area contributed by atoms with Crippen molar-refractivity contribution >= 4 is 6.03 Å². The normalized spacial score (nSPS) is 20.7. The molecule has 1 saturated heterocycles. The van der Waals surface area contributed by atoms with E-state index < -0.39 is 12.3 Å². The predicted octanol–water partition coefficient (Wildman–Crippen LogP) is 1.48. The molecule has 8 heteroatoms. The fraction of sp³-hybridized carbons (Fsp3) is 0.520. The van der Waals surface area contributed by atoms with E-state index in [1.54, 1.807) is 16.0 Å². The number of amides is 2. The van der Waals surface area contributed by atoms with Gasteiger partial charge >= 0.3 is 6.03 Å². The Kier molecular flexibility index (Phi) is 6.59. The van der Waals surface area contributed by atoms with Crippen LogP contribution in [0.15, 0.2) is 42.6 Å². The van der Waals surface area contributed by atoms with E-state index in [9.17, 15) is 15.0 Å². The van der Waals surface area contributed by atoms with Crippen LogP contribution < -0.4 is 5.32 Å². The second-order valence-corrected chi connectivity index (χ2v) is 9.48. The molecule has 2 aliphatic heterocycles. The number of aromatic nitrogens is 1. The van der Waals surface area contributed by atoms with Crippen LogP contribution in [0.2, 0.25) is 0 Å². The number of carbonyl (C=O) groups excluding carboxylic acids is 1. The minimum absolute atomic E-state index is 0.0562. The predicted molar refractivity (Wildman–Crippen MR) is 124 cm³/mol. The summed E-state index contributed by atoms with van der Waals surface area (Å²) < 4.78 is 0. The number of hydrogen-bond donors (Lipinski definition) is 3. The molecule has 3 N–H and O–H groups in total. The van der Waals surface area contributed by atoms with E-state index in [0.717, 1.165) is 43.6 Å². The number of carbonyl (C=O) groups is 1. The van der Waals surface area contributed by atoms with Crippen LogP contribution in [0.5, 0.6) is 0 Å². The summed E-state index contributed by atoms with van der Waals surface area (Å²) in [6, 6.07) is 12.6. The molecular formula is C25H33N5O3. The van der Waals surface area contributed by atoms with Crippen molar-refractivity contribution in [2.75, 3.05) is 32.7 Å². The molecule has 2 fully saturated rings. The van der Waals surface area contributed by atoms with Crippen molar-refractivity contribution in [1.29, 1.82) is 0 Å². The highest BCUT2D eigenvalue weighted by Crippen LogP contribution is 2.23.